The van der Waals surface area contributed by atoms with E-state index in [1.807, 2.05) is 0 Å². The van der Waals surface area contributed by atoms with Crippen LogP contribution in [0.3, 0.4) is 0 Å². The molecule has 0 radical (unpaired) electrons. The highest BCUT2D eigenvalue weighted by Gasteiger charge is 2.30. The lowest BCUT2D eigenvalue weighted by atomic mass is 10.1. The quantitative estimate of drug-likeness (QED) is 0.817. The van der Waals surface area contributed by atoms with Crippen LogP contribution in [0, 0.1) is 0 Å². The van der Waals surface area contributed by atoms with Gasteiger partial charge in [0, 0.05) is 11.8 Å². The third-order valence-electron chi connectivity index (χ3n) is 2.29. The summed E-state index contributed by atoms with van der Waals surface area (Å²) in [6, 6.07) is 4.91. The zero-order chi connectivity index (χ0) is 12.9. The van der Waals surface area contributed by atoms with Gasteiger partial charge in [-0.15, -0.1) is 0 Å². The van der Waals surface area contributed by atoms with Gasteiger partial charge >= 0.3 is 6.18 Å². The summed E-state index contributed by atoms with van der Waals surface area (Å²) < 4.78 is 37.5. The van der Waals surface area contributed by atoms with Crippen molar-refractivity contribution in [1.82, 2.24) is 0 Å². The van der Waals surface area contributed by atoms with Gasteiger partial charge in [-0.05, 0) is 29.9 Å². The second-order valence-corrected chi connectivity index (χ2v) is 4.95. The molecule has 17 heavy (non-hydrogen) atoms. The van der Waals surface area contributed by atoms with Crippen molar-refractivity contribution in [1.29, 1.82) is 0 Å². The van der Waals surface area contributed by atoms with Crippen molar-refractivity contribution in [2.24, 2.45) is 5.73 Å². The smallest absolute Gasteiger partial charge is 0.323 e. The average molecular weight is 263 g/mol. The van der Waals surface area contributed by atoms with E-state index in [0.29, 0.717) is 11.3 Å². The minimum absolute atomic E-state index is 0.339. The lowest BCUT2D eigenvalue weighted by Crippen LogP contribution is -2.15. The van der Waals surface area contributed by atoms with Crippen molar-refractivity contribution in [3.63, 3.8) is 0 Å². The number of nitrogens with two attached hydrogens (primary N) is 1. The molecule has 0 aromatic heterocycles. The molecule has 0 aliphatic heterocycles. The van der Waals surface area contributed by atoms with Gasteiger partial charge < -0.3 is 5.73 Å². The van der Waals surface area contributed by atoms with Gasteiger partial charge in [0.25, 0.3) is 0 Å². The van der Waals surface area contributed by atoms with Gasteiger partial charge in [-0.25, -0.2) is 0 Å². The number of thioether (sulfide) groups is 1. The van der Waals surface area contributed by atoms with Crippen molar-refractivity contribution in [2.45, 2.75) is 25.6 Å². The van der Waals surface area contributed by atoms with E-state index < -0.39 is 11.7 Å². The summed E-state index contributed by atoms with van der Waals surface area (Å²) in [7, 11) is 0. The zero-order valence-electron chi connectivity index (χ0n) is 9.63. The van der Waals surface area contributed by atoms with Crippen molar-refractivity contribution >= 4 is 11.8 Å². The summed E-state index contributed by atoms with van der Waals surface area (Å²) in [6.45, 7) is 2.06. The first kappa shape index (κ1) is 14.4. The highest BCUT2D eigenvalue weighted by atomic mass is 32.2. The molecule has 0 aliphatic rings. The number of halogens is 3. The van der Waals surface area contributed by atoms with E-state index in [9.17, 15) is 13.2 Å². The Morgan fingerprint density at radius 1 is 1.35 bits per heavy atom. The maximum absolute atomic E-state index is 12.5. The Labute approximate surface area is 104 Å². The van der Waals surface area contributed by atoms with Gasteiger partial charge in [-0.3, -0.25) is 0 Å². The maximum Gasteiger partial charge on any atom is 0.416 e. The summed E-state index contributed by atoms with van der Waals surface area (Å²) in [4.78, 5) is 0. The minimum Gasteiger partial charge on any atom is -0.323 e. The molecule has 0 heterocycles. The number of hydrogen-bond donors (Lipinski definition) is 1. The zero-order valence-corrected chi connectivity index (χ0v) is 10.4. The molecule has 2 N–H and O–H groups in total. The molecule has 0 saturated heterocycles. The molecule has 1 aromatic rings. The van der Waals surface area contributed by atoms with E-state index in [2.05, 4.69) is 6.92 Å². The third kappa shape index (κ3) is 4.60. The molecule has 0 amide bonds. The molecule has 0 aliphatic carbocycles. The van der Waals surface area contributed by atoms with Gasteiger partial charge in [0.05, 0.1) is 5.56 Å². The van der Waals surface area contributed by atoms with E-state index in [0.717, 1.165) is 24.3 Å². The SMILES string of the molecule is CCCSCC(N)c1cccc(C(F)(F)F)c1. The largest absolute Gasteiger partial charge is 0.416 e. The van der Waals surface area contributed by atoms with Crippen LogP contribution in [-0.2, 0) is 6.18 Å². The van der Waals surface area contributed by atoms with E-state index in [4.69, 9.17) is 5.73 Å². The van der Waals surface area contributed by atoms with Crippen LogP contribution in [0.2, 0.25) is 0 Å². The third-order valence-corrected chi connectivity index (χ3v) is 3.58. The monoisotopic (exact) mass is 263 g/mol. The predicted molar refractivity (Wildman–Crippen MR) is 66.0 cm³/mol. The molecule has 0 fully saturated rings. The Morgan fingerprint density at radius 3 is 2.65 bits per heavy atom. The maximum atomic E-state index is 12.5. The summed E-state index contributed by atoms with van der Waals surface area (Å²) in [5, 5.41) is 0. The van der Waals surface area contributed by atoms with Gasteiger partial charge in [0.2, 0.25) is 0 Å². The van der Waals surface area contributed by atoms with Crippen molar-refractivity contribution in [3.8, 4) is 0 Å². The van der Waals surface area contributed by atoms with E-state index in [-0.39, 0.29) is 6.04 Å². The molecule has 1 nitrogen and oxygen atoms in total. The topological polar surface area (TPSA) is 26.0 Å². The molecule has 0 spiro atoms. The minimum atomic E-state index is -4.30. The molecule has 5 heteroatoms. The molecule has 1 atom stereocenters. The molecule has 1 unspecified atom stereocenters. The molecule has 1 aromatic carbocycles. The van der Waals surface area contributed by atoms with Crippen molar-refractivity contribution < 1.29 is 13.2 Å². The molecule has 0 saturated carbocycles. The Kier molecular flexibility index (Phi) is 5.33. The van der Waals surface area contributed by atoms with Crippen LogP contribution in [0.25, 0.3) is 0 Å². The first-order chi connectivity index (χ1) is 7.95. The summed E-state index contributed by atoms with van der Waals surface area (Å²) in [6.07, 6.45) is -3.26. The second-order valence-electron chi connectivity index (χ2n) is 3.80. The summed E-state index contributed by atoms with van der Waals surface area (Å²) >= 11 is 1.66. The fourth-order valence-corrected chi connectivity index (χ4v) is 2.30. The van der Waals surface area contributed by atoms with E-state index >= 15 is 0 Å². The van der Waals surface area contributed by atoms with Gasteiger partial charge in [0.15, 0.2) is 0 Å². The van der Waals surface area contributed by atoms with Crippen molar-refractivity contribution in [3.05, 3.63) is 35.4 Å². The fraction of sp³-hybridized carbons (Fsp3) is 0.500. The molecule has 96 valence electrons. The number of rotatable bonds is 5. The molecular weight excluding hydrogens is 247 g/mol. The van der Waals surface area contributed by atoms with Crippen LogP contribution in [-0.4, -0.2) is 11.5 Å². The van der Waals surface area contributed by atoms with Crippen LogP contribution in [0.1, 0.15) is 30.5 Å². The average Bonchev–Trinajstić information content (AvgIpc) is 2.28. The van der Waals surface area contributed by atoms with Crippen LogP contribution in [0.4, 0.5) is 13.2 Å². The first-order valence-corrected chi connectivity index (χ1v) is 6.61. The highest BCUT2D eigenvalue weighted by Crippen LogP contribution is 2.30. The second kappa shape index (κ2) is 6.31. The van der Waals surface area contributed by atoms with E-state index in [1.54, 1.807) is 17.8 Å². The summed E-state index contributed by atoms with van der Waals surface area (Å²) in [5.41, 5.74) is 5.77. The normalized spacial score (nSPS) is 13.7. The predicted octanol–water partition coefficient (Wildman–Crippen LogP) is 3.85. The molecular formula is C12H16F3NS. The van der Waals surface area contributed by atoms with E-state index in [1.165, 1.54) is 6.07 Å². The number of alkyl halides is 3. The van der Waals surface area contributed by atoms with Gasteiger partial charge in [-0.2, -0.15) is 24.9 Å². The Morgan fingerprint density at radius 2 is 2.06 bits per heavy atom. The Hall–Kier alpha value is -0.680. The lowest BCUT2D eigenvalue weighted by Gasteiger charge is -2.14. The first-order valence-electron chi connectivity index (χ1n) is 5.45. The van der Waals surface area contributed by atoms with Gasteiger partial charge in [0.1, 0.15) is 0 Å². The van der Waals surface area contributed by atoms with Gasteiger partial charge in [-0.1, -0.05) is 19.1 Å². The fourth-order valence-electron chi connectivity index (χ4n) is 1.40. The van der Waals surface area contributed by atoms with Crippen LogP contribution < -0.4 is 5.73 Å². The van der Waals surface area contributed by atoms with Crippen molar-refractivity contribution in [2.75, 3.05) is 11.5 Å². The Bertz CT molecular complexity index is 352. The molecule has 0 bridgehead atoms. The van der Waals surface area contributed by atoms with Crippen LogP contribution >= 0.6 is 11.8 Å². The van der Waals surface area contributed by atoms with Crippen LogP contribution in [0.15, 0.2) is 24.3 Å². The Balaban J connectivity index is 2.71. The standard InChI is InChI=1S/C12H16F3NS/c1-2-6-17-8-11(16)9-4-3-5-10(7-9)12(13,14)15/h3-5,7,11H,2,6,8,16H2,1H3. The number of hydrogen-bond acceptors (Lipinski definition) is 2. The summed E-state index contributed by atoms with van der Waals surface area (Å²) in [5.74, 6) is 1.63. The molecule has 1 rings (SSSR count). The number of benzene rings is 1. The lowest BCUT2D eigenvalue weighted by molar-refractivity contribution is -0.137. The van der Waals surface area contributed by atoms with Crippen LogP contribution in [0.5, 0.6) is 0 Å². The highest BCUT2D eigenvalue weighted by molar-refractivity contribution is 7.99.